The average molecular weight is 159 g/mol. The summed E-state index contributed by atoms with van der Waals surface area (Å²) in [7, 11) is 0. The Labute approximate surface area is 65.5 Å². The van der Waals surface area contributed by atoms with Gasteiger partial charge in [0.05, 0.1) is 12.6 Å². The van der Waals surface area contributed by atoms with Gasteiger partial charge in [0.2, 0.25) is 0 Å². The molecule has 0 spiro atoms. The predicted octanol–water partition coefficient (Wildman–Crippen LogP) is 0.112. The number of cyclic esters (lactones) is 1. The zero-order valence-corrected chi connectivity index (χ0v) is 6.70. The Hall–Kier alpha value is -0.770. The predicted molar refractivity (Wildman–Crippen MR) is 39.1 cm³/mol. The lowest BCUT2D eigenvalue weighted by Gasteiger charge is -2.17. The number of carbonyl (C=O) groups is 1. The second-order valence-electron chi connectivity index (χ2n) is 3.04. The van der Waals surface area contributed by atoms with Crippen LogP contribution in [0.1, 0.15) is 13.8 Å². The third kappa shape index (κ3) is 1.63. The Balaban J connectivity index is 2.57. The summed E-state index contributed by atoms with van der Waals surface area (Å²) in [5.41, 5.74) is 0. The molecule has 2 N–H and O–H groups in total. The van der Waals surface area contributed by atoms with Crippen molar-refractivity contribution in [3.8, 4) is 0 Å². The highest BCUT2D eigenvalue weighted by molar-refractivity contribution is 5.70. The molecule has 0 aromatic rings. The van der Waals surface area contributed by atoms with Crippen molar-refractivity contribution in [2.75, 3.05) is 6.61 Å². The first-order valence-electron chi connectivity index (χ1n) is 3.73. The maximum atomic E-state index is 10.7. The molecule has 1 amide bonds. The lowest BCUT2D eigenvalue weighted by atomic mass is 10.0. The zero-order chi connectivity index (χ0) is 8.43. The van der Waals surface area contributed by atoms with Gasteiger partial charge in [-0.1, -0.05) is 13.8 Å². The van der Waals surface area contributed by atoms with Crippen LogP contribution in [-0.4, -0.2) is 30.0 Å². The molecule has 0 aromatic carbocycles. The Bertz CT molecular complexity index is 158. The van der Waals surface area contributed by atoms with Gasteiger partial charge in [-0.15, -0.1) is 0 Å². The van der Waals surface area contributed by atoms with E-state index in [2.05, 4.69) is 5.32 Å². The highest BCUT2D eigenvalue weighted by atomic mass is 16.6. The Morgan fingerprint density at radius 3 is 2.73 bits per heavy atom. The van der Waals surface area contributed by atoms with E-state index in [9.17, 15) is 4.79 Å². The molecule has 1 aliphatic heterocycles. The first kappa shape index (κ1) is 8.33. The third-order valence-electron chi connectivity index (χ3n) is 1.84. The average Bonchev–Trinajstić information content (AvgIpc) is 2.30. The summed E-state index contributed by atoms with van der Waals surface area (Å²) in [5, 5.41) is 11.4. The lowest BCUT2D eigenvalue weighted by Crippen LogP contribution is -2.38. The summed E-state index contributed by atoms with van der Waals surface area (Å²) in [4.78, 5) is 10.7. The van der Waals surface area contributed by atoms with Crippen molar-refractivity contribution in [1.29, 1.82) is 0 Å². The molecule has 1 aliphatic rings. The topological polar surface area (TPSA) is 58.6 Å². The van der Waals surface area contributed by atoms with Crippen molar-refractivity contribution >= 4 is 6.09 Å². The molecule has 0 unspecified atom stereocenters. The van der Waals surface area contributed by atoms with Crippen molar-refractivity contribution in [3.63, 3.8) is 0 Å². The SMILES string of the molecule is CC(C)[C@@H]1NC(=O)O[C@H]1CO. The fourth-order valence-electron chi connectivity index (χ4n) is 1.22. The first-order chi connectivity index (χ1) is 5.15. The molecule has 11 heavy (non-hydrogen) atoms. The van der Waals surface area contributed by atoms with Gasteiger partial charge in [-0.3, -0.25) is 0 Å². The van der Waals surface area contributed by atoms with E-state index in [1.165, 1.54) is 0 Å². The van der Waals surface area contributed by atoms with E-state index in [-0.39, 0.29) is 18.8 Å². The summed E-state index contributed by atoms with van der Waals surface area (Å²) in [6.45, 7) is 3.84. The van der Waals surface area contributed by atoms with Gasteiger partial charge >= 0.3 is 6.09 Å². The number of aliphatic hydroxyl groups is 1. The van der Waals surface area contributed by atoms with Crippen LogP contribution in [-0.2, 0) is 4.74 Å². The number of carbonyl (C=O) groups excluding carboxylic acids is 1. The number of rotatable bonds is 2. The second-order valence-corrected chi connectivity index (χ2v) is 3.04. The van der Waals surface area contributed by atoms with Gasteiger partial charge in [0.15, 0.2) is 0 Å². The third-order valence-corrected chi connectivity index (χ3v) is 1.84. The number of aliphatic hydroxyl groups excluding tert-OH is 1. The van der Waals surface area contributed by atoms with Crippen LogP contribution in [0.4, 0.5) is 4.79 Å². The van der Waals surface area contributed by atoms with Crippen LogP contribution in [0.25, 0.3) is 0 Å². The molecule has 0 aliphatic carbocycles. The summed E-state index contributed by atoms with van der Waals surface area (Å²) in [6.07, 6.45) is -0.801. The van der Waals surface area contributed by atoms with E-state index >= 15 is 0 Å². The molecule has 4 nitrogen and oxygen atoms in total. The van der Waals surface area contributed by atoms with E-state index in [1.807, 2.05) is 13.8 Å². The van der Waals surface area contributed by atoms with Gasteiger partial charge in [-0.25, -0.2) is 4.79 Å². The van der Waals surface area contributed by atoms with Crippen molar-refractivity contribution in [1.82, 2.24) is 5.32 Å². The quantitative estimate of drug-likeness (QED) is 0.601. The number of amides is 1. The molecule has 0 radical (unpaired) electrons. The van der Waals surface area contributed by atoms with Crippen LogP contribution in [0.2, 0.25) is 0 Å². The molecule has 2 atom stereocenters. The molecule has 0 aromatic heterocycles. The Morgan fingerprint density at radius 1 is 1.73 bits per heavy atom. The van der Waals surface area contributed by atoms with Gasteiger partial charge in [-0.05, 0) is 5.92 Å². The van der Waals surface area contributed by atoms with Crippen molar-refractivity contribution in [2.24, 2.45) is 5.92 Å². The van der Waals surface area contributed by atoms with Gasteiger partial charge < -0.3 is 15.2 Å². The smallest absolute Gasteiger partial charge is 0.407 e. The summed E-state index contributed by atoms with van der Waals surface area (Å²) >= 11 is 0. The zero-order valence-electron chi connectivity index (χ0n) is 6.70. The van der Waals surface area contributed by atoms with Gasteiger partial charge in [0.1, 0.15) is 6.10 Å². The van der Waals surface area contributed by atoms with E-state index < -0.39 is 6.09 Å². The minimum absolute atomic E-state index is 0.0486. The number of ether oxygens (including phenoxy) is 1. The number of hydrogen-bond donors (Lipinski definition) is 2. The normalized spacial score (nSPS) is 30.4. The van der Waals surface area contributed by atoms with E-state index in [1.54, 1.807) is 0 Å². The van der Waals surface area contributed by atoms with E-state index in [0.717, 1.165) is 0 Å². The van der Waals surface area contributed by atoms with Crippen molar-refractivity contribution in [2.45, 2.75) is 26.0 Å². The molecule has 0 saturated carbocycles. The van der Waals surface area contributed by atoms with E-state index in [0.29, 0.717) is 5.92 Å². The molecule has 4 heteroatoms. The fourth-order valence-corrected chi connectivity index (χ4v) is 1.22. The maximum absolute atomic E-state index is 10.7. The Morgan fingerprint density at radius 2 is 2.36 bits per heavy atom. The monoisotopic (exact) mass is 159 g/mol. The highest BCUT2D eigenvalue weighted by Crippen LogP contribution is 2.15. The fraction of sp³-hybridized carbons (Fsp3) is 0.857. The van der Waals surface area contributed by atoms with E-state index in [4.69, 9.17) is 9.84 Å². The van der Waals surface area contributed by atoms with Crippen LogP contribution >= 0.6 is 0 Å². The number of hydrogen-bond acceptors (Lipinski definition) is 3. The molecule has 1 heterocycles. The largest absolute Gasteiger partial charge is 0.442 e. The molecule has 0 bridgehead atoms. The molecule has 64 valence electrons. The maximum Gasteiger partial charge on any atom is 0.407 e. The van der Waals surface area contributed by atoms with Crippen LogP contribution < -0.4 is 5.32 Å². The van der Waals surface area contributed by atoms with Crippen LogP contribution in [0.5, 0.6) is 0 Å². The minimum Gasteiger partial charge on any atom is -0.442 e. The van der Waals surface area contributed by atoms with Crippen molar-refractivity contribution < 1.29 is 14.6 Å². The summed E-state index contributed by atoms with van der Waals surface area (Å²) < 4.78 is 4.78. The van der Waals surface area contributed by atoms with Crippen LogP contribution in [0.3, 0.4) is 0 Å². The molecule has 1 saturated heterocycles. The second kappa shape index (κ2) is 3.09. The van der Waals surface area contributed by atoms with Gasteiger partial charge in [-0.2, -0.15) is 0 Å². The lowest BCUT2D eigenvalue weighted by molar-refractivity contribution is 0.0757. The summed E-state index contributed by atoms with van der Waals surface area (Å²) in [5.74, 6) is 0.290. The van der Waals surface area contributed by atoms with Crippen molar-refractivity contribution in [3.05, 3.63) is 0 Å². The molecule has 1 fully saturated rings. The highest BCUT2D eigenvalue weighted by Gasteiger charge is 2.35. The molecular formula is C7H13NO3. The minimum atomic E-state index is -0.428. The number of nitrogens with one attached hydrogen (secondary N) is 1. The Kier molecular flexibility index (Phi) is 2.34. The van der Waals surface area contributed by atoms with Crippen LogP contribution in [0, 0.1) is 5.92 Å². The molecular weight excluding hydrogens is 146 g/mol. The molecule has 1 rings (SSSR count). The number of alkyl carbamates (subject to hydrolysis) is 1. The van der Waals surface area contributed by atoms with Gasteiger partial charge in [0.25, 0.3) is 0 Å². The van der Waals surface area contributed by atoms with Gasteiger partial charge in [0, 0.05) is 0 Å². The first-order valence-corrected chi connectivity index (χ1v) is 3.73. The van der Waals surface area contributed by atoms with Crippen LogP contribution in [0.15, 0.2) is 0 Å². The summed E-state index contributed by atoms with van der Waals surface area (Å²) in [6, 6.07) is -0.0486. The standard InChI is InChI=1S/C7H13NO3/c1-4(2)6-5(3-9)11-7(10)8-6/h4-6,9H,3H2,1-2H3,(H,8,10)/t5-,6-/m0/s1.